The molecule has 2 heterocycles. The quantitative estimate of drug-likeness (QED) is 0.439. The zero-order valence-corrected chi connectivity index (χ0v) is 20.4. The smallest absolute Gasteiger partial charge is 0.0823 e. The molecule has 6 heteroatoms. The lowest BCUT2D eigenvalue weighted by Crippen LogP contribution is -2.52. The molecule has 0 spiro atoms. The Morgan fingerprint density at radius 2 is 1.68 bits per heavy atom. The van der Waals surface area contributed by atoms with Gasteiger partial charge in [-0.05, 0) is 31.6 Å². The molecule has 0 amide bonds. The Balaban J connectivity index is 1.40. The third kappa shape index (κ3) is 9.26. The van der Waals surface area contributed by atoms with Crippen LogP contribution in [0.2, 0.25) is 0 Å². The summed E-state index contributed by atoms with van der Waals surface area (Å²) in [6.07, 6.45) is 11.1. The zero-order valence-electron chi connectivity index (χ0n) is 20.4. The lowest BCUT2D eigenvalue weighted by atomic mass is 9.89. The van der Waals surface area contributed by atoms with Gasteiger partial charge in [0.1, 0.15) is 0 Å². The minimum Gasteiger partial charge on any atom is -0.382 e. The van der Waals surface area contributed by atoms with Gasteiger partial charge in [0.25, 0.3) is 0 Å². The van der Waals surface area contributed by atoms with E-state index in [-0.39, 0.29) is 6.10 Å². The van der Waals surface area contributed by atoms with Crippen molar-refractivity contribution in [2.75, 3.05) is 85.9 Å². The summed E-state index contributed by atoms with van der Waals surface area (Å²) in [5.74, 6) is 0.956. The summed E-state index contributed by atoms with van der Waals surface area (Å²) < 4.78 is 17.3. The third-order valence-corrected chi connectivity index (χ3v) is 7.54. The van der Waals surface area contributed by atoms with Gasteiger partial charge < -0.3 is 19.1 Å². The molecule has 6 nitrogen and oxygen atoms in total. The van der Waals surface area contributed by atoms with Gasteiger partial charge in [-0.2, -0.15) is 0 Å². The summed E-state index contributed by atoms with van der Waals surface area (Å²) in [7, 11) is 1.80. The van der Waals surface area contributed by atoms with Crippen molar-refractivity contribution in [2.24, 2.45) is 5.92 Å². The number of morpholine rings is 1. The van der Waals surface area contributed by atoms with Gasteiger partial charge in [-0.1, -0.05) is 32.6 Å². The summed E-state index contributed by atoms with van der Waals surface area (Å²) in [5.41, 5.74) is 0. The van der Waals surface area contributed by atoms with Gasteiger partial charge in [0.2, 0.25) is 0 Å². The first kappa shape index (κ1) is 25.4. The fourth-order valence-electron chi connectivity index (χ4n) is 5.68. The average molecular weight is 440 g/mol. The van der Waals surface area contributed by atoms with Crippen LogP contribution in [0.5, 0.6) is 0 Å². The lowest BCUT2D eigenvalue weighted by molar-refractivity contribution is -0.0409. The van der Waals surface area contributed by atoms with Crippen LogP contribution in [0.15, 0.2) is 0 Å². The van der Waals surface area contributed by atoms with Crippen molar-refractivity contribution in [3.05, 3.63) is 0 Å². The molecule has 1 saturated carbocycles. The second kappa shape index (κ2) is 14.8. The van der Waals surface area contributed by atoms with Gasteiger partial charge in [0.05, 0.1) is 32.5 Å². The number of piperazine rings is 1. The first-order chi connectivity index (χ1) is 15.3. The molecule has 0 N–H and O–H groups in total. The maximum absolute atomic E-state index is 6.33. The number of methoxy groups -OCH3 is 1. The maximum Gasteiger partial charge on any atom is 0.0823 e. The molecule has 0 aromatic rings. The lowest BCUT2D eigenvalue weighted by Gasteiger charge is -2.41. The predicted molar refractivity (Wildman–Crippen MR) is 127 cm³/mol. The van der Waals surface area contributed by atoms with Crippen molar-refractivity contribution < 1.29 is 14.2 Å². The summed E-state index contributed by atoms with van der Waals surface area (Å²) in [6, 6.07) is 0.616. The van der Waals surface area contributed by atoms with Gasteiger partial charge >= 0.3 is 0 Å². The Labute approximate surface area is 191 Å². The molecule has 0 bridgehead atoms. The predicted octanol–water partition coefficient (Wildman–Crippen LogP) is 3.11. The number of ether oxygens (including phenoxy) is 3. The summed E-state index contributed by atoms with van der Waals surface area (Å²) >= 11 is 0. The van der Waals surface area contributed by atoms with Crippen molar-refractivity contribution in [1.29, 1.82) is 0 Å². The molecular weight excluding hydrogens is 390 g/mol. The van der Waals surface area contributed by atoms with Crippen molar-refractivity contribution >= 4 is 0 Å². The van der Waals surface area contributed by atoms with E-state index in [0.717, 1.165) is 51.8 Å². The van der Waals surface area contributed by atoms with Crippen molar-refractivity contribution in [2.45, 2.75) is 70.4 Å². The van der Waals surface area contributed by atoms with E-state index in [1.807, 2.05) is 0 Å². The molecule has 0 aromatic carbocycles. The second-order valence-corrected chi connectivity index (χ2v) is 9.92. The molecule has 2 saturated heterocycles. The van der Waals surface area contributed by atoms with E-state index in [9.17, 15) is 0 Å². The Kier molecular flexibility index (Phi) is 12.1. The van der Waals surface area contributed by atoms with Crippen LogP contribution in [0, 0.1) is 5.92 Å². The highest BCUT2D eigenvalue weighted by Gasteiger charge is 2.27. The van der Waals surface area contributed by atoms with Crippen molar-refractivity contribution in [3.8, 4) is 0 Å². The molecule has 0 radical (unpaired) electrons. The molecular formula is C25H49N3O3. The first-order valence-electron chi connectivity index (χ1n) is 13.2. The zero-order chi connectivity index (χ0) is 21.7. The van der Waals surface area contributed by atoms with Gasteiger partial charge in [-0.15, -0.1) is 0 Å². The number of hydrogen-bond acceptors (Lipinski definition) is 6. The van der Waals surface area contributed by atoms with E-state index in [1.54, 1.807) is 7.11 Å². The number of hydrogen-bond donors (Lipinski definition) is 0. The molecule has 3 rings (SSSR count). The van der Waals surface area contributed by atoms with Gasteiger partial charge in [0, 0.05) is 65.5 Å². The molecule has 2 unspecified atom stereocenters. The van der Waals surface area contributed by atoms with Crippen LogP contribution < -0.4 is 0 Å². The standard InChI is InChI=1S/C25H49N3O3/c1-3-7-24(20-25(22-29-2)31-19-16-26-14-17-30-18-15-26)28-12-10-27(11-13-28)21-23-8-5-4-6-9-23/h23-25H,3-22H2,1-2H3. The molecule has 31 heavy (non-hydrogen) atoms. The minimum absolute atomic E-state index is 0.197. The SMILES string of the molecule is CCCC(CC(COC)OCCN1CCOCC1)N1CCN(CC2CCCCC2)CC1. The summed E-state index contributed by atoms with van der Waals surface area (Å²) in [4.78, 5) is 7.93. The van der Waals surface area contributed by atoms with Crippen molar-refractivity contribution in [1.82, 2.24) is 14.7 Å². The van der Waals surface area contributed by atoms with E-state index < -0.39 is 0 Å². The average Bonchev–Trinajstić information content (AvgIpc) is 2.81. The molecule has 2 aliphatic heterocycles. The van der Waals surface area contributed by atoms with Crippen LogP contribution in [-0.2, 0) is 14.2 Å². The molecule has 3 aliphatic rings. The Morgan fingerprint density at radius 3 is 2.35 bits per heavy atom. The largest absolute Gasteiger partial charge is 0.382 e. The maximum atomic E-state index is 6.33. The highest BCUT2D eigenvalue weighted by atomic mass is 16.5. The van der Waals surface area contributed by atoms with Gasteiger partial charge in [0.15, 0.2) is 0 Å². The van der Waals surface area contributed by atoms with Crippen LogP contribution >= 0.6 is 0 Å². The van der Waals surface area contributed by atoms with Crippen LogP contribution in [0.3, 0.4) is 0 Å². The molecule has 3 fully saturated rings. The second-order valence-electron chi connectivity index (χ2n) is 9.92. The van der Waals surface area contributed by atoms with Crippen LogP contribution in [0.25, 0.3) is 0 Å². The van der Waals surface area contributed by atoms with E-state index in [2.05, 4.69) is 21.6 Å². The Morgan fingerprint density at radius 1 is 0.935 bits per heavy atom. The fraction of sp³-hybridized carbons (Fsp3) is 1.00. The topological polar surface area (TPSA) is 37.4 Å². The van der Waals surface area contributed by atoms with Crippen LogP contribution in [0.1, 0.15) is 58.3 Å². The van der Waals surface area contributed by atoms with E-state index in [1.165, 1.54) is 77.7 Å². The van der Waals surface area contributed by atoms with E-state index >= 15 is 0 Å². The minimum atomic E-state index is 0.197. The van der Waals surface area contributed by atoms with E-state index in [0.29, 0.717) is 12.6 Å². The molecule has 0 aromatic heterocycles. The van der Waals surface area contributed by atoms with Crippen molar-refractivity contribution in [3.63, 3.8) is 0 Å². The van der Waals surface area contributed by atoms with Crippen LogP contribution in [0.4, 0.5) is 0 Å². The highest BCUT2D eigenvalue weighted by Crippen LogP contribution is 2.25. The molecule has 182 valence electrons. The van der Waals surface area contributed by atoms with Gasteiger partial charge in [-0.25, -0.2) is 0 Å². The number of rotatable bonds is 13. The Hall–Kier alpha value is -0.240. The third-order valence-electron chi connectivity index (χ3n) is 7.54. The van der Waals surface area contributed by atoms with Gasteiger partial charge in [-0.3, -0.25) is 9.80 Å². The van der Waals surface area contributed by atoms with Crippen LogP contribution in [-0.4, -0.2) is 113 Å². The monoisotopic (exact) mass is 439 g/mol. The van der Waals surface area contributed by atoms with E-state index in [4.69, 9.17) is 14.2 Å². The molecule has 2 atom stereocenters. The summed E-state index contributed by atoms with van der Waals surface area (Å²) in [6.45, 7) is 14.8. The fourth-order valence-corrected chi connectivity index (χ4v) is 5.68. The number of nitrogens with zero attached hydrogens (tertiary/aromatic N) is 3. The normalized spacial score (nSPS) is 25.0. The molecule has 1 aliphatic carbocycles. The summed E-state index contributed by atoms with van der Waals surface area (Å²) in [5, 5.41) is 0. The highest BCUT2D eigenvalue weighted by molar-refractivity contribution is 4.82. The first-order valence-corrected chi connectivity index (χ1v) is 13.2. The Bertz CT molecular complexity index is 447.